The summed E-state index contributed by atoms with van der Waals surface area (Å²) in [4.78, 5) is 36.8. The summed E-state index contributed by atoms with van der Waals surface area (Å²) in [5, 5.41) is 10.7. The molecule has 1 unspecified atom stereocenters. The average molecular weight is 283 g/mol. The minimum Gasteiger partial charge on any atom is -0.358 e. The van der Waals surface area contributed by atoms with Gasteiger partial charge in [-0.15, -0.1) is 0 Å². The summed E-state index contributed by atoms with van der Waals surface area (Å²) in [5.74, 6) is -0.522. The SMILES string of the molecule is CNC(=O)C1CNCCN1CC(=O)NC(=O)NC1CC1. The second-order valence-electron chi connectivity index (χ2n) is 5.10. The second-order valence-corrected chi connectivity index (χ2v) is 5.10. The van der Waals surface area contributed by atoms with Gasteiger partial charge in [0.1, 0.15) is 6.04 Å². The molecule has 4 amide bonds. The van der Waals surface area contributed by atoms with E-state index >= 15 is 0 Å². The summed E-state index contributed by atoms with van der Waals surface area (Å²) < 4.78 is 0. The molecule has 1 saturated heterocycles. The highest BCUT2D eigenvalue weighted by Gasteiger charge is 2.30. The van der Waals surface area contributed by atoms with Gasteiger partial charge in [0, 0.05) is 32.7 Å². The Labute approximate surface area is 117 Å². The number of urea groups is 1. The van der Waals surface area contributed by atoms with Crippen molar-refractivity contribution in [3.8, 4) is 0 Å². The van der Waals surface area contributed by atoms with Crippen LogP contribution < -0.4 is 21.3 Å². The zero-order chi connectivity index (χ0) is 14.5. The predicted molar refractivity (Wildman–Crippen MR) is 72.0 cm³/mol. The summed E-state index contributed by atoms with van der Waals surface area (Å²) >= 11 is 0. The van der Waals surface area contributed by atoms with Crippen molar-refractivity contribution in [2.24, 2.45) is 0 Å². The van der Waals surface area contributed by atoms with E-state index in [1.54, 1.807) is 11.9 Å². The fraction of sp³-hybridized carbons (Fsp3) is 0.750. The van der Waals surface area contributed by atoms with Gasteiger partial charge in [0.25, 0.3) is 0 Å². The van der Waals surface area contributed by atoms with E-state index in [0.29, 0.717) is 13.1 Å². The maximum Gasteiger partial charge on any atom is 0.321 e. The number of carbonyl (C=O) groups excluding carboxylic acids is 3. The summed E-state index contributed by atoms with van der Waals surface area (Å²) in [6, 6.07) is -0.629. The van der Waals surface area contributed by atoms with Gasteiger partial charge in [0.15, 0.2) is 0 Å². The molecule has 8 nitrogen and oxygen atoms in total. The maximum atomic E-state index is 11.8. The number of amides is 4. The van der Waals surface area contributed by atoms with Gasteiger partial charge >= 0.3 is 6.03 Å². The molecule has 0 aromatic carbocycles. The molecule has 0 bridgehead atoms. The fourth-order valence-corrected chi connectivity index (χ4v) is 2.16. The van der Waals surface area contributed by atoms with Crippen molar-refractivity contribution in [3.63, 3.8) is 0 Å². The van der Waals surface area contributed by atoms with E-state index in [2.05, 4.69) is 21.3 Å². The molecular weight excluding hydrogens is 262 g/mol. The van der Waals surface area contributed by atoms with Crippen molar-refractivity contribution >= 4 is 17.8 Å². The normalized spacial score (nSPS) is 22.9. The number of piperazine rings is 1. The van der Waals surface area contributed by atoms with Crippen LogP contribution in [-0.4, -0.2) is 68.1 Å². The number of hydrogen-bond acceptors (Lipinski definition) is 5. The van der Waals surface area contributed by atoms with Crippen molar-refractivity contribution < 1.29 is 14.4 Å². The molecule has 8 heteroatoms. The van der Waals surface area contributed by atoms with Crippen LogP contribution in [0.2, 0.25) is 0 Å². The van der Waals surface area contributed by atoms with Crippen molar-refractivity contribution in [1.29, 1.82) is 0 Å². The van der Waals surface area contributed by atoms with E-state index in [9.17, 15) is 14.4 Å². The lowest BCUT2D eigenvalue weighted by Crippen LogP contribution is -2.59. The number of likely N-dealkylation sites (N-methyl/N-ethyl adjacent to an activating group) is 1. The molecule has 1 atom stereocenters. The number of nitrogens with zero attached hydrogens (tertiary/aromatic N) is 1. The molecule has 2 aliphatic rings. The topological polar surface area (TPSA) is 103 Å². The van der Waals surface area contributed by atoms with Crippen LogP contribution in [0.25, 0.3) is 0 Å². The standard InChI is InChI=1S/C12H21N5O3/c1-13-11(19)9-6-14-4-5-17(9)7-10(18)16-12(20)15-8-2-3-8/h8-9,14H,2-7H2,1H3,(H,13,19)(H2,15,16,18,20). The third kappa shape index (κ3) is 4.17. The van der Waals surface area contributed by atoms with E-state index in [-0.39, 0.29) is 30.4 Å². The Kier molecular flexibility index (Phi) is 4.91. The lowest BCUT2D eigenvalue weighted by atomic mass is 10.1. The number of nitrogens with one attached hydrogen (secondary N) is 4. The highest BCUT2D eigenvalue weighted by molar-refractivity contribution is 5.95. The molecule has 1 saturated carbocycles. The Bertz CT molecular complexity index is 397. The predicted octanol–water partition coefficient (Wildman–Crippen LogP) is -2.01. The molecule has 2 fully saturated rings. The van der Waals surface area contributed by atoms with E-state index < -0.39 is 6.03 Å². The minimum atomic E-state index is -0.455. The molecule has 1 heterocycles. The van der Waals surface area contributed by atoms with Crippen molar-refractivity contribution in [1.82, 2.24) is 26.2 Å². The third-order valence-electron chi connectivity index (χ3n) is 3.42. The number of rotatable bonds is 4. The smallest absolute Gasteiger partial charge is 0.321 e. The lowest BCUT2D eigenvalue weighted by Gasteiger charge is -2.34. The van der Waals surface area contributed by atoms with E-state index in [1.807, 2.05) is 0 Å². The molecule has 0 aromatic heterocycles. The van der Waals surface area contributed by atoms with E-state index in [0.717, 1.165) is 19.4 Å². The van der Waals surface area contributed by atoms with Crippen LogP contribution in [0.4, 0.5) is 4.79 Å². The quantitative estimate of drug-likeness (QED) is 0.478. The Morgan fingerprint density at radius 3 is 2.70 bits per heavy atom. The number of hydrogen-bond donors (Lipinski definition) is 4. The van der Waals surface area contributed by atoms with Crippen molar-refractivity contribution in [3.05, 3.63) is 0 Å². The van der Waals surface area contributed by atoms with Crippen LogP contribution in [0.1, 0.15) is 12.8 Å². The molecule has 0 aromatic rings. The first-order valence-electron chi connectivity index (χ1n) is 6.87. The molecular formula is C12H21N5O3. The largest absolute Gasteiger partial charge is 0.358 e. The highest BCUT2D eigenvalue weighted by Crippen LogP contribution is 2.18. The molecule has 1 aliphatic carbocycles. The van der Waals surface area contributed by atoms with Gasteiger partial charge in [-0.1, -0.05) is 0 Å². The molecule has 0 spiro atoms. The van der Waals surface area contributed by atoms with E-state index in [1.165, 1.54) is 0 Å². The first-order valence-corrected chi connectivity index (χ1v) is 6.87. The van der Waals surface area contributed by atoms with Gasteiger partial charge in [-0.2, -0.15) is 0 Å². The van der Waals surface area contributed by atoms with Crippen LogP contribution >= 0.6 is 0 Å². The molecule has 20 heavy (non-hydrogen) atoms. The first-order chi connectivity index (χ1) is 9.60. The van der Waals surface area contributed by atoms with Gasteiger partial charge in [0.05, 0.1) is 6.54 Å². The monoisotopic (exact) mass is 283 g/mol. The Hall–Kier alpha value is -1.67. The van der Waals surface area contributed by atoms with Gasteiger partial charge in [-0.05, 0) is 12.8 Å². The summed E-state index contributed by atoms with van der Waals surface area (Å²) in [5.41, 5.74) is 0. The third-order valence-corrected chi connectivity index (χ3v) is 3.42. The number of imide groups is 1. The Morgan fingerprint density at radius 1 is 1.30 bits per heavy atom. The van der Waals surface area contributed by atoms with Crippen LogP contribution in [0.15, 0.2) is 0 Å². The zero-order valence-electron chi connectivity index (χ0n) is 11.6. The Balaban J connectivity index is 1.80. The van der Waals surface area contributed by atoms with E-state index in [4.69, 9.17) is 0 Å². The van der Waals surface area contributed by atoms with Crippen LogP contribution in [0.3, 0.4) is 0 Å². The second kappa shape index (κ2) is 6.67. The fourth-order valence-electron chi connectivity index (χ4n) is 2.16. The molecule has 2 rings (SSSR count). The average Bonchev–Trinajstić information content (AvgIpc) is 3.22. The van der Waals surface area contributed by atoms with Crippen molar-refractivity contribution in [2.75, 3.05) is 33.2 Å². The first kappa shape index (κ1) is 14.7. The van der Waals surface area contributed by atoms with Gasteiger partial charge in [-0.3, -0.25) is 19.8 Å². The summed E-state index contributed by atoms with van der Waals surface area (Å²) in [6.45, 7) is 1.85. The molecule has 112 valence electrons. The minimum absolute atomic E-state index is 0.0395. The van der Waals surface area contributed by atoms with Crippen LogP contribution in [-0.2, 0) is 9.59 Å². The molecule has 0 radical (unpaired) electrons. The summed E-state index contributed by atoms with van der Waals surface area (Å²) in [6.07, 6.45) is 1.94. The summed E-state index contributed by atoms with van der Waals surface area (Å²) in [7, 11) is 1.57. The molecule has 4 N–H and O–H groups in total. The number of carbonyl (C=O) groups is 3. The Morgan fingerprint density at radius 2 is 2.05 bits per heavy atom. The van der Waals surface area contributed by atoms with Gasteiger partial charge in [0.2, 0.25) is 11.8 Å². The maximum absolute atomic E-state index is 11.8. The van der Waals surface area contributed by atoms with Gasteiger partial charge in [-0.25, -0.2) is 4.79 Å². The van der Waals surface area contributed by atoms with Crippen LogP contribution in [0.5, 0.6) is 0 Å². The highest BCUT2D eigenvalue weighted by atomic mass is 16.2. The molecule has 1 aliphatic heterocycles. The zero-order valence-corrected chi connectivity index (χ0v) is 11.6. The van der Waals surface area contributed by atoms with Gasteiger partial charge < -0.3 is 16.0 Å². The lowest BCUT2D eigenvalue weighted by molar-refractivity contribution is -0.128. The van der Waals surface area contributed by atoms with Crippen molar-refractivity contribution in [2.45, 2.75) is 24.9 Å². The van der Waals surface area contributed by atoms with Crippen LogP contribution in [0, 0.1) is 0 Å².